The molecule has 162 valence electrons. The Morgan fingerprint density at radius 2 is 1.79 bits per heavy atom. The molecule has 2 rings (SSSR count). The lowest BCUT2D eigenvalue weighted by molar-refractivity contribution is -0.137. The summed E-state index contributed by atoms with van der Waals surface area (Å²) in [5.74, 6) is -0.715. The van der Waals surface area contributed by atoms with Crippen molar-refractivity contribution in [3.63, 3.8) is 0 Å². The highest BCUT2D eigenvalue weighted by molar-refractivity contribution is 5.89. The van der Waals surface area contributed by atoms with Crippen LogP contribution in [0.5, 0.6) is 0 Å². The number of rotatable bonds is 13. The van der Waals surface area contributed by atoms with Gasteiger partial charge in [0.2, 0.25) is 0 Å². The summed E-state index contributed by atoms with van der Waals surface area (Å²) in [7, 11) is 0. The molecule has 4 N–H and O–H groups in total. The summed E-state index contributed by atoms with van der Waals surface area (Å²) in [6.07, 6.45) is 6.78. The van der Waals surface area contributed by atoms with Crippen LogP contribution in [0.1, 0.15) is 69.8 Å². The molecule has 0 radical (unpaired) electrons. The molecule has 29 heavy (non-hydrogen) atoms. The van der Waals surface area contributed by atoms with Crippen molar-refractivity contribution in [2.45, 2.75) is 82.8 Å². The second-order valence-corrected chi connectivity index (χ2v) is 8.24. The highest BCUT2D eigenvalue weighted by atomic mass is 16.4. The number of unbranched alkanes of at least 4 members (excludes halogenated alkanes) is 3. The Balaban J connectivity index is 1.76. The topological polar surface area (TPSA) is 110 Å². The normalized spacial score (nSPS) is 24.1. The number of oxime groups is 1. The van der Waals surface area contributed by atoms with Gasteiger partial charge in [0.15, 0.2) is 0 Å². The molecule has 1 aromatic rings. The molecule has 6 nitrogen and oxygen atoms in total. The molecule has 0 aromatic heterocycles. The van der Waals surface area contributed by atoms with Crippen LogP contribution in [-0.4, -0.2) is 44.4 Å². The van der Waals surface area contributed by atoms with Crippen LogP contribution < -0.4 is 0 Å². The van der Waals surface area contributed by atoms with Gasteiger partial charge < -0.3 is 20.5 Å². The predicted molar refractivity (Wildman–Crippen MR) is 112 cm³/mol. The number of aryl methyl sites for hydroxylation is 1. The summed E-state index contributed by atoms with van der Waals surface area (Å²) in [5, 5.41) is 42.3. The molecule has 0 amide bonds. The Kier molecular flexibility index (Phi) is 10.2. The third-order valence-corrected chi connectivity index (χ3v) is 6.08. The van der Waals surface area contributed by atoms with E-state index in [0.717, 1.165) is 32.1 Å². The lowest BCUT2D eigenvalue weighted by Crippen LogP contribution is -2.22. The zero-order valence-corrected chi connectivity index (χ0v) is 17.1. The number of carboxylic acid groups (broad SMARTS) is 1. The fourth-order valence-electron chi connectivity index (χ4n) is 4.43. The van der Waals surface area contributed by atoms with E-state index < -0.39 is 18.2 Å². The Morgan fingerprint density at radius 1 is 1.07 bits per heavy atom. The minimum atomic E-state index is -0.758. The van der Waals surface area contributed by atoms with E-state index in [2.05, 4.69) is 17.3 Å². The Bertz CT molecular complexity index is 633. The summed E-state index contributed by atoms with van der Waals surface area (Å²) >= 11 is 0. The first-order chi connectivity index (χ1) is 14.0. The van der Waals surface area contributed by atoms with Gasteiger partial charge in [-0.15, -0.1) is 0 Å². The first-order valence-electron chi connectivity index (χ1n) is 10.8. The summed E-state index contributed by atoms with van der Waals surface area (Å²) in [6.45, 7) is 0. The molecule has 0 aliphatic heterocycles. The zero-order chi connectivity index (χ0) is 21.1. The minimum Gasteiger partial charge on any atom is -0.481 e. The zero-order valence-electron chi connectivity index (χ0n) is 17.1. The number of benzene rings is 1. The lowest BCUT2D eigenvalue weighted by Gasteiger charge is -2.23. The molecule has 6 heteroatoms. The number of hydrogen-bond donors (Lipinski definition) is 4. The van der Waals surface area contributed by atoms with Crippen LogP contribution in [0.15, 0.2) is 35.5 Å². The van der Waals surface area contributed by atoms with Gasteiger partial charge in [-0.3, -0.25) is 4.79 Å². The second kappa shape index (κ2) is 12.6. The third-order valence-electron chi connectivity index (χ3n) is 6.08. The SMILES string of the molecule is O=C(O)CCCCCCC1C(O)C/C(=N/O)C1CCC(O)CCc1ccccc1. The van der Waals surface area contributed by atoms with Crippen LogP contribution in [0.4, 0.5) is 0 Å². The molecule has 1 fully saturated rings. The van der Waals surface area contributed by atoms with Crippen LogP contribution in [0.25, 0.3) is 0 Å². The molecule has 1 aliphatic carbocycles. The number of nitrogens with zero attached hydrogens (tertiary/aromatic N) is 1. The number of aliphatic carboxylic acids is 1. The second-order valence-electron chi connectivity index (χ2n) is 8.24. The first kappa shape index (κ1) is 23.4. The average Bonchev–Trinajstić information content (AvgIpc) is 3.02. The third kappa shape index (κ3) is 8.15. The minimum absolute atomic E-state index is 0.000366. The number of aliphatic hydroxyl groups is 2. The van der Waals surface area contributed by atoms with E-state index in [9.17, 15) is 20.2 Å². The maximum atomic E-state index is 10.6. The Morgan fingerprint density at radius 3 is 2.48 bits per heavy atom. The average molecular weight is 406 g/mol. The van der Waals surface area contributed by atoms with Crippen molar-refractivity contribution < 1.29 is 25.3 Å². The van der Waals surface area contributed by atoms with Crippen LogP contribution in [0.2, 0.25) is 0 Å². The van der Waals surface area contributed by atoms with E-state index in [1.165, 1.54) is 5.56 Å². The summed E-state index contributed by atoms with van der Waals surface area (Å²) < 4.78 is 0. The Hall–Kier alpha value is -1.92. The van der Waals surface area contributed by atoms with E-state index in [4.69, 9.17) is 5.11 Å². The molecule has 4 atom stereocenters. The number of carboxylic acids is 1. The van der Waals surface area contributed by atoms with Gasteiger partial charge in [0.05, 0.1) is 17.9 Å². The fourth-order valence-corrected chi connectivity index (χ4v) is 4.43. The maximum Gasteiger partial charge on any atom is 0.303 e. The summed E-state index contributed by atoms with van der Waals surface area (Å²) in [6, 6.07) is 10.1. The highest BCUT2D eigenvalue weighted by Gasteiger charge is 2.39. The maximum absolute atomic E-state index is 10.6. The van der Waals surface area contributed by atoms with Gasteiger partial charge in [0.25, 0.3) is 0 Å². The van der Waals surface area contributed by atoms with Crippen LogP contribution in [0.3, 0.4) is 0 Å². The van der Waals surface area contributed by atoms with Gasteiger partial charge in [0.1, 0.15) is 0 Å². The molecule has 1 saturated carbocycles. The lowest BCUT2D eigenvalue weighted by atomic mass is 9.84. The van der Waals surface area contributed by atoms with E-state index in [1.807, 2.05) is 18.2 Å². The molecule has 0 saturated heterocycles. The molecular weight excluding hydrogens is 370 g/mol. The molecule has 1 aliphatic rings. The van der Waals surface area contributed by atoms with Crippen molar-refractivity contribution in [2.24, 2.45) is 17.0 Å². The fraction of sp³-hybridized carbons (Fsp3) is 0.652. The van der Waals surface area contributed by atoms with Gasteiger partial charge in [0, 0.05) is 18.8 Å². The van der Waals surface area contributed by atoms with E-state index >= 15 is 0 Å². The van der Waals surface area contributed by atoms with Crippen molar-refractivity contribution in [3.05, 3.63) is 35.9 Å². The van der Waals surface area contributed by atoms with Gasteiger partial charge in [-0.05, 0) is 50.0 Å². The van der Waals surface area contributed by atoms with Crippen LogP contribution in [-0.2, 0) is 11.2 Å². The van der Waals surface area contributed by atoms with Crippen molar-refractivity contribution in [1.29, 1.82) is 0 Å². The Labute approximate surface area is 173 Å². The van der Waals surface area contributed by atoms with Gasteiger partial charge in [-0.2, -0.15) is 0 Å². The van der Waals surface area contributed by atoms with Crippen molar-refractivity contribution >= 4 is 11.7 Å². The monoisotopic (exact) mass is 405 g/mol. The summed E-state index contributed by atoms with van der Waals surface area (Å²) in [4.78, 5) is 10.6. The smallest absolute Gasteiger partial charge is 0.303 e. The van der Waals surface area contributed by atoms with E-state index in [1.54, 1.807) is 0 Å². The molecule has 0 bridgehead atoms. The molecule has 1 aromatic carbocycles. The van der Waals surface area contributed by atoms with Crippen molar-refractivity contribution in [3.8, 4) is 0 Å². The van der Waals surface area contributed by atoms with Crippen LogP contribution in [0, 0.1) is 11.8 Å². The molecule has 0 heterocycles. The summed E-state index contributed by atoms with van der Waals surface area (Å²) in [5.41, 5.74) is 1.85. The van der Waals surface area contributed by atoms with Gasteiger partial charge in [-0.25, -0.2) is 0 Å². The highest BCUT2D eigenvalue weighted by Crippen LogP contribution is 2.37. The van der Waals surface area contributed by atoms with Crippen molar-refractivity contribution in [1.82, 2.24) is 0 Å². The van der Waals surface area contributed by atoms with E-state index in [0.29, 0.717) is 37.8 Å². The standard InChI is InChI=1S/C23H35NO5/c25-18(13-12-17-8-4-3-5-9-17)14-15-19-20(22(26)16-21(19)24-29)10-6-1-2-7-11-23(27)28/h3-5,8-9,18-20,22,25-26,29H,1-2,6-7,10-16H2,(H,27,28)/b24-21-. The molecule has 4 unspecified atom stereocenters. The molecular formula is C23H35NO5. The largest absolute Gasteiger partial charge is 0.481 e. The van der Waals surface area contributed by atoms with Gasteiger partial charge in [-0.1, -0.05) is 54.8 Å². The van der Waals surface area contributed by atoms with Gasteiger partial charge >= 0.3 is 5.97 Å². The number of hydrogen-bond acceptors (Lipinski definition) is 5. The predicted octanol–water partition coefficient (Wildman–Crippen LogP) is 4.01. The number of aliphatic hydroxyl groups excluding tert-OH is 2. The van der Waals surface area contributed by atoms with Crippen LogP contribution >= 0.6 is 0 Å². The quantitative estimate of drug-likeness (QED) is 0.225. The first-order valence-corrected chi connectivity index (χ1v) is 10.8. The van der Waals surface area contributed by atoms with Crippen molar-refractivity contribution in [2.75, 3.05) is 0 Å². The molecule has 0 spiro atoms. The number of carbonyl (C=O) groups is 1. The van der Waals surface area contributed by atoms with E-state index in [-0.39, 0.29) is 18.3 Å².